The molecule has 5 heteroatoms. The summed E-state index contributed by atoms with van der Waals surface area (Å²) in [6.45, 7) is 0.646. The first-order valence-electron chi connectivity index (χ1n) is 9.24. The smallest absolute Gasteiger partial charge is 0.167 e. The predicted octanol–water partition coefficient (Wildman–Crippen LogP) is 4.68. The molecule has 4 saturated carbocycles. The van der Waals surface area contributed by atoms with Crippen molar-refractivity contribution in [1.29, 1.82) is 0 Å². The zero-order chi connectivity index (χ0) is 17.0. The summed E-state index contributed by atoms with van der Waals surface area (Å²) in [5.74, 6) is 1.85. The zero-order valence-corrected chi connectivity index (χ0v) is 14.1. The Kier molecular flexibility index (Phi) is 3.49. The number of halogens is 2. The summed E-state index contributed by atoms with van der Waals surface area (Å²) in [7, 11) is 0. The summed E-state index contributed by atoms with van der Waals surface area (Å²) in [5.41, 5.74) is 1.43. The van der Waals surface area contributed by atoms with E-state index in [9.17, 15) is 8.78 Å². The van der Waals surface area contributed by atoms with E-state index >= 15 is 0 Å². The molecule has 4 aliphatic rings. The molecule has 0 amide bonds. The predicted molar refractivity (Wildman–Crippen MR) is 89.6 cm³/mol. The van der Waals surface area contributed by atoms with Crippen LogP contribution in [0.25, 0.3) is 11.3 Å². The normalized spacial score (nSPS) is 33.1. The van der Waals surface area contributed by atoms with Crippen LogP contribution in [0.2, 0.25) is 0 Å². The standard InChI is InChI=1S/C20H22F2N2O/c21-16-4-15(5-17(22)6-16)19-7-18(24-25-19)11-23-20-8-12-1-13(9-20)3-14(2-12)10-20/h4-7,12-14,23H,1-3,8-11H2. The Morgan fingerprint density at radius 2 is 1.56 bits per heavy atom. The molecule has 0 unspecified atom stereocenters. The second kappa shape index (κ2) is 5.63. The lowest BCUT2D eigenvalue weighted by Gasteiger charge is -2.57. The van der Waals surface area contributed by atoms with Gasteiger partial charge >= 0.3 is 0 Å². The fourth-order valence-corrected chi connectivity index (χ4v) is 5.83. The van der Waals surface area contributed by atoms with E-state index in [-0.39, 0.29) is 5.54 Å². The van der Waals surface area contributed by atoms with Crippen molar-refractivity contribution in [3.05, 3.63) is 41.6 Å². The Bertz CT molecular complexity index is 745. The fourth-order valence-electron chi connectivity index (χ4n) is 5.83. The summed E-state index contributed by atoms with van der Waals surface area (Å²) in [6, 6.07) is 5.16. The molecule has 25 heavy (non-hydrogen) atoms. The van der Waals surface area contributed by atoms with Gasteiger partial charge in [-0.15, -0.1) is 0 Å². The van der Waals surface area contributed by atoms with E-state index < -0.39 is 11.6 Å². The van der Waals surface area contributed by atoms with Crippen molar-refractivity contribution >= 4 is 0 Å². The first kappa shape index (κ1) is 15.5. The van der Waals surface area contributed by atoms with Crippen LogP contribution in [0.5, 0.6) is 0 Å². The van der Waals surface area contributed by atoms with Crippen molar-refractivity contribution in [2.45, 2.75) is 50.6 Å². The second-order valence-electron chi connectivity index (χ2n) is 8.39. The number of hydrogen-bond donors (Lipinski definition) is 1. The number of aromatic nitrogens is 1. The molecule has 0 atom stereocenters. The molecule has 4 fully saturated rings. The lowest BCUT2D eigenvalue weighted by atomic mass is 9.53. The second-order valence-corrected chi connectivity index (χ2v) is 8.39. The number of rotatable bonds is 4. The molecule has 0 aliphatic heterocycles. The molecule has 1 aromatic heterocycles. The van der Waals surface area contributed by atoms with Gasteiger partial charge in [0, 0.05) is 29.8 Å². The van der Waals surface area contributed by atoms with Crippen LogP contribution in [0, 0.1) is 29.4 Å². The maximum Gasteiger partial charge on any atom is 0.167 e. The third-order valence-corrected chi connectivity index (χ3v) is 6.39. The van der Waals surface area contributed by atoms with Crippen LogP contribution in [0.1, 0.15) is 44.2 Å². The minimum absolute atomic E-state index is 0.263. The van der Waals surface area contributed by atoms with Gasteiger partial charge in [0.1, 0.15) is 11.6 Å². The van der Waals surface area contributed by atoms with Crippen LogP contribution in [0.15, 0.2) is 28.8 Å². The maximum absolute atomic E-state index is 13.4. The molecule has 4 aliphatic carbocycles. The summed E-state index contributed by atoms with van der Waals surface area (Å²) >= 11 is 0. The van der Waals surface area contributed by atoms with Crippen LogP contribution in [-0.4, -0.2) is 10.7 Å². The van der Waals surface area contributed by atoms with E-state index in [1.807, 2.05) is 0 Å². The molecule has 4 bridgehead atoms. The summed E-state index contributed by atoms with van der Waals surface area (Å²) in [6.07, 6.45) is 8.08. The van der Waals surface area contributed by atoms with E-state index in [0.29, 0.717) is 17.9 Å². The molecule has 0 radical (unpaired) electrons. The Hall–Kier alpha value is -1.75. The van der Waals surface area contributed by atoms with Crippen molar-refractivity contribution in [2.24, 2.45) is 17.8 Å². The van der Waals surface area contributed by atoms with Gasteiger partial charge in [0.05, 0.1) is 5.69 Å². The van der Waals surface area contributed by atoms with Crippen molar-refractivity contribution in [2.75, 3.05) is 0 Å². The van der Waals surface area contributed by atoms with Crippen molar-refractivity contribution in [1.82, 2.24) is 10.5 Å². The summed E-state index contributed by atoms with van der Waals surface area (Å²) < 4.78 is 32.1. The highest BCUT2D eigenvalue weighted by molar-refractivity contribution is 5.57. The van der Waals surface area contributed by atoms with Crippen LogP contribution < -0.4 is 5.32 Å². The summed E-state index contributed by atoms with van der Waals surface area (Å²) in [5, 5.41) is 7.85. The Morgan fingerprint density at radius 1 is 0.960 bits per heavy atom. The van der Waals surface area contributed by atoms with E-state index in [1.165, 1.54) is 50.7 Å². The van der Waals surface area contributed by atoms with Crippen LogP contribution >= 0.6 is 0 Å². The van der Waals surface area contributed by atoms with E-state index in [0.717, 1.165) is 29.5 Å². The van der Waals surface area contributed by atoms with Gasteiger partial charge in [-0.2, -0.15) is 0 Å². The average molecular weight is 344 g/mol. The van der Waals surface area contributed by atoms with Gasteiger partial charge in [-0.1, -0.05) is 5.16 Å². The molecule has 1 heterocycles. The zero-order valence-electron chi connectivity index (χ0n) is 14.1. The monoisotopic (exact) mass is 344 g/mol. The Labute approximate surface area is 145 Å². The minimum Gasteiger partial charge on any atom is -0.356 e. The quantitative estimate of drug-likeness (QED) is 0.875. The van der Waals surface area contributed by atoms with E-state index in [4.69, 9.17) is 4.52 Å². The molecule has 0 spiro atoms. The molecule has 1 N–H and O–H groups in total. The molecule has 0 saturated heterocycles. The maximum atomic E-state index is 13.4. The molecular formula is C20H22F2N2O. The first-order valence-corrected chi connectivity index (χ1v) is 9.24. The average Bonchev–Trinajstić information content (AvgIpc) is 3.00. The van der Waals surface area contributed by atoms with Gasteiger partial charge in [-0.05, 0) is 68.4 Å². The molecule has 1 aromatic carbocycles. The molecular weight excluding hydrogens is 322 g/mol. The molecule has 132 valence electrons. The highest BCUT2D eigenvalue weighted by Crippen LogP contribution is 2.55. The minimum atomic E-state index is -0.611. The summed E-state index contributed by atoms with van der Waals surface area (Å²) in [4.78, 5) is 0. The Morgan fingerprint density at radius 3 is 2.16 bits per heavy atom. The SMILES string of the molecule is Fc1cc(F)cc(-c2cc(CNC34CC5CC(CC(C5)C3)C4)no2)c1. The lowest BCUT2D eigenvalue weighted by molar-refractivity contribution is -0.0208. The largest absolute Gasteiger partial charge is 0.356 e. The van der Waals surface area contributed by atoms with E-state index in [1.54, 1.807) is 6.07 Å². The first-order chi connectivity index (χ1) is 12.1. The molecule has 3 nitrogen and oxygen atoms in total. The topological polar surface area (TPSA) is 38.1 Å². The highest BCUT2D eigenvalue weighted by Gasteiger charge is 2.50. The number of nitrogens with one attached hydrogen (secondary N) is 1. The third kappa shape index (κ3) is 2.88. The lowest BCUT2D eigenvalue weighted by Crippen LogP contribution is -2.58. The van der Waals surface area contributed by atoms with Crippen molar-refractivity contribution in [3.63, 3.8) is 0 Å². The third-order valence-electron chi connectivity index (χ3n) is 6.39. The van der Waals surface area contributed by atoms with Crippen LogP contribution in [-0.2, 0) is 6.54 Å². The van der Waals surface area contributed by atoms with Crippen LogP contribution in [0.4, 0.5) is 8.78 Å². The van der Waals surface area contributed by atoms with Gasteiger partial charge in [-0.25, -0.2) is 8.78 Å². The van der Waals surface area contributed by atoms with Gasteiger partial charge in [0.25, 0.3) is 0 Å². The molecule has 6 rings (SSSR count). The van der Waals surface area contributed by atoms with Gasteiger partial charge in [0.2, 0.25) is 0 Å². The van der Waals surface area contributed by atoms with Crippen molar-refractivity contribution in [3.8, 4) is 11.3 Å². The van der Waals surface area contributed by atoms with Crippen molar-refractivity contribution < 1.29 is 13.3 Å². The van der Waals surface area contributed by atoms with Gasteiger partial charge < -0.3 is 9.84 Å². The number of nitrogens with zero attached hydrogens (tertiary/aromatic N) is 1. The molecule has 2 aromatic rings. The van der Waals surface area contributed by atoms with Crippen LogP contribution in [0.3, 0.4) is 0 Å². The highest BCUT2D eigenvalue weighted by atomic mass is 19.1. The number of hydrogen-bond acceptors (Lipinski definition) is 3. The van der Waals surface area contributed by atoms with Gasteiger partial charge in [-0.3, -0.25) is 0 Å². The Balaban J connectivity index is 1.30. The number of benzene rings is 1. The fraction of sp³-hybridized carbons (Fsp3) is 0.550. The van der Waals surface area contributed by atoms with Gasteiger partial charge in [0.15, 0.2) is 5.76 Å². The van der Waals surface area contributed by atoms with E-state index in [2.05, 4.69) is 10.5 Å².